The monoisotopic (exact) mass is 443 g/mol. The fraction of sp³-hybridized carbons (Fsp3) is 0.458. The van der Waals surface area contributed by atoms with Crippen molar-refractivity contribution in [2.45, 2.75) is 58.8 Å². The Labute approximate surface area is 187 Å². The maximum atomic E-state index is 14.3. The average molecular weight is 444 g/mol. The Balaban J connectivity index is 1.80. The SMILES string of the molecule is CCCc1c(C(=O)Nc2ccc(F)c(NC(=O)C3CCCCC3)c2)[nH]c(C)c1C(=O)OC. The van der Waals surface area contributed by atoms with E-state index in [1.807, 2.05) is 6.92 Å². The van der Waals surface area contributed by atoms with E-state index in [1.54, 1.807) is 6.92 Å². The number of esters is 1. The van der Waals surface area contributed by atoms with Crippen molar-refractivity contribution in [1.29, 1.82) is 0 Å². The first-order valence-corrected chi connectivity index (χ1v) is 11.1. The van der Waals surface area contributed by atoms with Crippen molar-refractivity contribution in [3.8, 4) is 0 Å². The summed E-state index contributed by atoms with van der Waals surface area (Å²) in [5, 5.41) is 5.40. The minimum absolute atomic E-state index is 0.0325. The van der Waals surface area contributed by atoms with Crippen molar-refractivity contribution in [2.24, 2.45) is 5.92 Å². The molecule has 1 aromatic carbocycles. The lowest BCUT2D eigenvalue weighted by atomic mass is 9.88. The zero-order chi connectivity index (χ0) is 23.3. The second-order valence-corrected chi connectivity index (χ2v) is 8.19. The minimum Gasteiger partial charge on any atom is -0.465 e. The maximum absolute atomic E-state index is 14.3. The predicted molar refractivity (Wildman–Crippen MR) is 120 cm³/mol. The molecule has 1 aliphatic rings. The predicted octanol–water partition coefficient (Wildman–Crippen LogP) is 4.97. The molecule has 0 radical (unpaired) electrons. The number of nitrogens with one attached hydrogen (secondary N) is 3. The molecule has 0 unspecified atom stereocenters. The van der Waals surface area contributed by atoms with E-state index >= 15 is 0 Å². The largest absolute Gasteiger partial charge is 0.465 e. The smallest absolute Gasteiger partial charge is 0.339 e. The molecule has 7 nitrogen and oxygen atoms in total. The summed E-state index contributed by atoms with van der Waals surface area (Å²) in [5.74, 6) is -1.84. The molecule has 0 bridgehead atoms. The summed E-state index contributed by atoms with van der Waals surface area (Å²) >= 11 is 0. The van der Waals surface area contributed by atoms with Gasteiger partial charge in [0.05, 0.1) is 18.4 Å². The summed E-state index contributed by atoms with van der Waals surface area (Å²) in [6.45, 7) is 3.66. The lowest BCUT2D eigenvalue weighted by Crippen LogP contribution is -2.25. The molecule has 8 heteroatoms. The van der Waals surface area contributed by atoms with Crippen LogP contribution in [0.15, 0.2) is 18.2 Å². The summed E-state index contributed by atoms with van der Waals surface area (Å²) in [6, 6.07) is 4.05. The Kier molecular flexibility index (Phi) is 7.66. The van der Waals surface area contributed by atoms with Gasteiger partial charge in [0, 0.05) is 17.3 Å². The standard InChI is InChI=1S/C24H30FN3O4/c1-4-8-17-20(24(31)32-3)14(2)26-21(17)23(30)27-16-11-12-18(25)19(13-16)28-22(29)15-9-6-5-7-10-15/h11-13,15,26H,4-10H2,1-3H3,(H,27,30)(H,28,29). The molecular formula is C24H30FN3O4. The minimum atomic E-state index is -0.567. The summed E-state index contributed by atoms with van der Waals surface area (Å²) in [7, 11) is 1.30. The molecule has 3 rings (SSSR count). The summed E-state index contributed by atoms with van der Waals surface area (Å²) in [6.07, 6.45) is 5.98. The van der Waals surface area contributed by atoms with Crippen molar-refractivity contribution in [2.75, 3.05) is 17.7 Å². The van der Waals surface area contributed by atoms with Crippen molar-refractivity contribution in [1.82, 2.24) is 4.98 Å². The quantitative estimate of drug-likeness (QED) is 0.526. The van der Waals surface area contributed by atoms with Crippen LogP contribution in [0.3, 0.4) is 0 Å². The topological polar surface area (TPSA) is 100 Å². The number of methoxy groups -OCH3 is 1. The van der Waals surface area contributed by atoms with Crippen LogP contribution in [0, 0.1) is 18.7 Å². The molecule has 0 aliphatic heterocycles. The van der Waals surface area contributed by atoms with Crippen LogP contribution >= 0.6 is 0 Å². The van der Waals surface area contributed by atoms with Gasteiger partial charge in [-0.2, -0.15) is 0 Å². The van der Waals surface area contributed by atoms with Gasteiger partial charge in [-0.25, -0.2) is 9.18 Å². The molecule has 1 aromatic heterocycles. The molecule has 2 aromatic rings. The zero-order valence-corrected chi connectivity index (χ0v) is 18.8. The van der Waals surface area contributed by atoms with E-state index in [1.165, 1.54) is 25.3 Å². The number of H-pyrrole nitrogens is 1. The number of hydrogen-bond donors (Lipinski definition) is 3. The molecule has 1 aliphatic carbocycles. The van der Waals surface area contributed by atoms with Crippen LogP contribution in [-0.2, 0) is 16.0 Å². The van der Waals surface area contributed by atoms with Gasteiger partial charge in [0.25, 0.3) is 5.91 Å². The molecule has 1 fully saturated rings. The highest BCUT2D eigenvalue weighted by molar-refractivity contribution is 6.07. The fourth-order valence-electron chi connectivity index (χ4n) is 4.24. The first kappa shape index (κ1) is 23.5. The van der Waals surface area contributed by atoms with Crippen molar-refractivity contribution < 1.29 is 23.5 Å². The van der Waals surface area contributed by atoms with E-state index in [2.05, 4.69) is 15.6 Å². The Morgan fingerprint density at radius 3 is 2.53 bits per heavy atom. The van der Waals surface area contributed by atoms with Crippen molar-refractivity contribution >= 4 is 29.2 Å². The number of hydrogen-bond acceptors (Lipinski definition) is 4. The first-order valence-electron chi connectivity index (χ1n) is 11.1. The third-order valence-corrected chi connectivity index (χ3v) is 5.87. The van der Waals surface area contributed by atoms with Gasteiger partial charge in [-0.15, -0.1) is 0 Å². The van der Waals surface area contributed by atoms with E-state index in [0.29, 0.717) is 28.9 Å². The molecule has 1 saturated carbocycles. The number of aryl methyl sites for hydroxylation is 1. The fourth-order valence-corrected chi connectivity index (χ4v) is 4.24. The summed E-state index contributed by atoms with van der Waals surface area (Å²) < 4.78 is 19.2. The lowest BCUT2D eigenvalue weighted by molar-refractivity contribution is -0.120. The highest BCUT2D eigenvalue weighted by Gasteiger charge is 2.25. The first-order chi connectivity index (χ1) is 15.3. The summed E-state index contributed by atoms with van der Waals surface area (Å²) in [4.78, 5) is 40.6. The van der Waals surface area contributed by atoms with Crippen LogP contribution in [0.1, 0.15) is 77.6 Å². The molecule has 3 N–H and O–H groups in total. The van der Waals surface area contributed by atoms with Crippen LogP contribution in [-0.4, -0.2) is 29.9 Å². The van der Waals surface area contributed by atoms with Gasteiger partial charge >= 0.3 is 5.97 Å². The van der Waals surface area contributed by atoms with Crippen LogP contribution in [0.5, 0.6) is 0 Å². The highest BCUT2D eigenvalue weighted by Crippen LogP contribution is 2.27. The van der Waals surface area contributed by atoms with Gasteiger partial charge in [-0.3, -0.25) is 9.59 Å². The average Bonchev–Trinajstić information content (AvgIpc) is 3.12. The summed E-state index contributed by atoms with van der Waals surface area (Å²) in [5.41, 5.74) is 2.13. The second kappa shape index (κ2) is 10.4. The Morgan fingerprint density at radius 2 is 1.88 bits per heavy atom. The molecule has 172 valence electrons. The number of carbonyl (C=O) groups is 3. The Bertz CT molecular complexity index is 1010. The van der Waals surface area contributed by atoms with Crippen molar-refractivity contribution in [3.05, 3.63) is 46.5 Å². The number of carbonyl (C=O) groups excluding carboxylic acids is 3. The molecule has 2 amide bonds. The highest BCUT2D eigenvalue weighted by atomic mass is 19.1. The third kappa shape index (κ3) is 5.18. The third-order valence-electron chi connectivity index (χ3n) is 5.87. The van der Waals surface area contributed by atoms with Gasteiger partial charge in [0.1, 0.15) is 11.5 Å². The maximum Gasteiger partial charge on any atom is 0.339 e. The molecule has 1 heterocycles. The second-order valence-electron chi connectivity index (χ2n) is 8.19. The molecular weight excluding hydrogens is 413 g/mol. The molecule has 0 atom stereocenters. The van der Waals surface area contributed by atoms with E-state index in [4.69, 9.17) is 4.74 Å². The molecule has 0 spiro atoms. The van der Waals surface area contributed by atoms with E-state index < -0.39 is 17.7 Å². The van der Waals surface area contributed by atoms with Gasteiger partial charge < -0.3 is 20.4 Å². The molecule has 32 heavy (non-hydrogen) atoms. The van der Waals surface area contributed by atoms with Gasteiger partial charge in [-0.1, -0.05) is 32.6 Å². The van der Waals surface area contributed by atoms with Gasteiger partial charge in [0.15, 0.2) is 0 Å². The van der Waals surface area contributed by atoms with Crippen LogP contribution < -0.4 is 10.6 Å². The zero-order valence-electron chi connectivity index (χ0n) is 18.8. The number of rotatable bonds is 7. The molecule has 0 saturated heterocycles. The van der Waals surface area contributed by atoms with E-state index in [0.717, 1.165) is 38.5 Å². The Morgan fingerprint density at radius 1 is 1.16 bits per heavy atom. The number of benzene rings is 1. The number of ether oxygens (including phenoxy) is 1. The van der Waals surface area contributed by atoms with E-state index in [9.17, 15) is 18.8 Å². The van der Waals surface area contributed by atoms with Crippen LogP contribution in [0.2, 0.25) is 0 Å². The van der Waals surface area contributed by atoms with Crippen LogP contribution in [0.4, 0.5) is 15.8 Å². The van der Waals surface area contributed by atoms with Crippen molar-refractivity contribution in [3.63, 3.8) is 0 Å². The van der Waals surface area contributed by atoms with E-state index in [-0.39, 0.29) is 23.2 Å². The van der Waals surface area contributed by atoms with Crippen LogP contribution in [0.25, 0.3) is 0 Å². The van der Waals surface area contributed by atoms with Gasteiger partial charge in [0.2, 0.25) is 5.91 Å². The number of aromatic nitrogens is 1. The number of aromatic amines is 1. The normalized spacial score (nSPS) is 14.1. The van der Waals surface area contributed by atoms with Gasteiger partial charge in [-0.05, 0) is 49.9 Å². The lowest BCUT2D eigenvalue weighted by Gasteiger charge is -2.21. The number of amides is 2. The number of halogens is 1. The Hall–Kier alpha value is -3.16. The number of anilines is 2.